The average molecular weight is 241 g/mol. The van der Waals surface area contributed by atoms with E-state index in [-0.39, 0.29) is 0 Å². The molecule has 96 valence electrons. The van der Waals surface area contributed by atoms with E-state index in [2.05, 4.69) is 49.7 Å². The Morgan fingerprint density at radius 2 is 1.89 bits per heavy atom. The number of aryl methyl sites for hydroxylation is 1. The van der Waals surface area contributed by atoms with Crippen LogP contribution in [0.15, 0.2) is 24.3 Å². The van der Waals surface area contributed by atoms with Crippen LogP contribution in [0.1, 0.15) is 44.4 Å². The van der Waals surface area contributed by atoms with Gasteiger partial charge < -0.3 is 4.57 Å². The topological polar surface area (TPSA) is 4.93 Å². The van der Waals surface area contributed by atoms with Crippen LogP contribution in [0.2, 0.25) is 0 Å². The first kappa shape index (κ1) is 11.8. The molecule has 1 heterocycles. The Morgan fingerprint density at radius 3 is 2.61 bits per heavy atom. The summed E-state index contributed by atoms with van der Waals surface area (Å²) < 4.78 is 2.42. The van der Waals surface area contributed by atoms with E-state index in [0.29, 0.717) is 5.41 Å². The number of fused-ring (bicyclic) bond motifs is 3. The smallest absolute Gasteiger partial charge is 0.0482 e. The Labute approximate surface area is 110 Å². The predicted octanol–water partition coefficient (Wildman–Crippen LogP) is 4.47. The zero-order valence-corrected chi connectivity index (χ0v) is 11.8. The van der Waals surface area contributed by atoms with Crippen LogP contribution < -0.4 is 0 Å². The average Bonchev–Trinajstić information content (AvgIpc) is 2.72. The van der Waals surface area contributed by atoms with Gasteiger partial charge >= 0.3 is 0 Å². The number of para-hydroxylation sites is 1. The highest BCUT2D eigenvalue weighted by Crippen LogP contribution is 2.43. The van der Waals surface area contributed by atoms with Crippen LogP contribution in [0.25, 0.3) is 10.9 Å². The van der Waals surface area contributed by atoms with Crippen LogP contribution in [0.5, 0.6) is 0 Å². The summed E-state index contributed by atoms with van der Waals surface area (Å²) in [4.78, 5) is 0. The van der Waals surface area contributed by atoms with Crippen LogP contribution in [-0.4, -0.2) is 4.57 Å². The Bertz CT molecular complexity index is 573. The molecule has 1 heteroatoms. The Kier molecular flexibility index (Phi) is 2.73. The van der Waals surface area contributed by atoms with Crippen molar-refractivity contribution in [3.63, 3.8) is 0 Å². The fourth-order valence-corrected chi connectivity index (χ4v) is 3.74. The fraction of sp³-hybridized carbons (Fsp3) is 0.529. The van der Waals surface area contributed by atoms with Crippen molar-refractivity contribution in [2.24, 2.45) is 12.5 Å². The lowest BCUT2D eigenvalue weighted by molar-refractivity contribution is 0.223. The molecule has 0 bridgehead atoms. The highest BCUT2D eigenvalue weighted by molar-refractivity contribution is 5.85. The zero-order chi connectivity index (χ0) is 12.8. The summed E-state index contributed by atoms with van der Waals surface area (Å²) in [6, 6.07) is 8.89. The number of aromatic nitrogens is 1. The molecule has 0 radical (unpaired) electrons. The van der Waals surface area contributed by atoms with Crippen molar-refractivity contribution < 1.29 is 0 Å². The quantitative estimate of drug-likeness (QED) is 0.731. The number of nitrogens with zero attached hydrogens (tertiary/aromatic N) is 1. The van der Waals surface area contributed by atoms with Crippen LogP contribution in [0.3, 0.4) is 0 Å². The third-order valence-electron chi connectivity index (χ3n) is 5.29. The second-order valence-electron chi connectivity index (χ2n) is 5.89. The van der Waals surface area contributed by atoms with Gasteiger partial charge in [-0.05, 0) is 36.3 Å². The molecule has 0 saturated heterocycles. The van der Waals surface area contributed by atoms with Crippen LogP contribution >= 0.6 is 0 Å². The molecule has 1 aromatic carbocycles. The Balaban J connectivity index is 2.18. The van der Waals surface area contributed by atoms with Crippen molar-refractivity contribution in [3.8, 4) is 0 Å². The van der Waals surface area contributed by atoms with Crippen molar-refractivity contribution in [1.82, 2.24) is 4.57 Å². The van der Waals surface area contributed by atoms with Gasteiger partial charge in [0, 0.05) is 23.6 Å². The SMILES string of the molecule is CCC1(CC)CCc2c(c3ccccc3n2C)C1. The maximum Gasteiger partial charge on any atom is 0.0482 e. The van der Waals surface area contributed by atoms with Crippen LogP contribution in [0.4, 0.5) is 0 Å². The minimum atomic E-state index is 0.553. The van der Waals surface area contributed by atoms with Gasteiger partial charge in [0.2, 0.25) is 0 Å². The molecule has 1 aromatic heterocycles. The monoisotopic (exact) mass is 241 g/mol. The molecule has 1 nitrogen and oxygen atoms in total. The van der Waals surface area contributed by atoms with Gasteiger partial charge in [-0.1, -0.05) is 44.9 Å². The summed E-state index contributed by atoms with van der Waals surface area (Å²) in [6.45, 7) is 4.72. The molecule has 0 N–H and O–H groups in total. The van der Waals surface area contributed by atoms with Gasteiger partial charge in [0.05, 0.1) is 0 Å². The summed E-state index contributed by atoms with van der Waals surface area (Å²) in [5.74, 6) is 0. The maximum atomic E-state index is 2.42. The molecule has 0 spiro atoms. The van der Waals surface area contributed by atoms with Crippen molar-refractivity contribution in [3.05, 3.63) is 35.5 Å². The molecule has 18 heavy (non-hydrogen) atoms. The van der Waals surface area contributed by atoms with Crippen molar-refractivity contribution >= 4 is 10.9 Å². The molecule has 0 amide bonds. The van der Waals surface area contributed by atoms with Crippen LogP contribution in [-0.2, 0) is 19.9 Å². The van der Waals surface area contributed by atoms with Gasteiger partial charge in [-0.2, -0.15) is 0 Å². The van der Waals surface area contributed by atoms with E-state index in [9.17, 15) is 0 Å². The molecule has 1 aliphatic rings. The maximum absolute atomic E-state index is 2.42. The Hall–Kier alpha value is -1.24. The second-order valence-corrected chi connectivity index (χ2v) is 5.89. The predicted molar refractivity (Wildman–Crippen MR) is 78.0 cm³/mol. The fourth-order valence-electron chi connectivity index (χ4n) is 3.74. The third-order valence-corrected chi connectivity index (χ3v) is 5.29. The zero-order valence-electron chi connectivity index (χ0n) is 11.8. The van der Waals surface area contributed by atoms with Crippen molar-refractivity contribution in [2.45, 2.75) is 46.0 Å². The lowest BCUT2D eigenvalue weighted by atomic mass is 9.69. The first-order chi connectivity index (χ1) is 8.71. The summed E-state index contributed by atoms with van der Waals surface area (Å²) in [5, 5.41) is 1.49. The minimum Gasteiger partial charge on any atom is -0.347 e. The van der Waals surface area contributed by atoms with Gasteiger partial charge in [-0.15, -0.1) is 0 Å². The second kappa shape index (κ2) is 4.15. The van der Waals surface area contributed by atoms with E-state index in [1.807, 2.05) is 0 Å². The van der Waals surface area contributed by atoms with E-state index in [4.69, 9.17) is 0 Å². The van der Waals surface area contributed by atoms with E-state index in [1.165, 1.54) is 43.0 Å². The highest BCUT2D eigenvalue weighted by Gasteiger charge is 2.33. The molecule has 3 rings (SSSR count). The normalized spacial score (nSPS) is 17.9. The number of rotatable bonds is 2. The molecular formula is C17H23N. The van der Waals surface area contributed by atoms with Crippen molar-refractivity contribution in [2.75, 3.05) is 0 Å². The first-order valence-electron chi connectivity index (χ1n) is 7.26. The molecular weight excluding hydrogens is 218 g/mol. The summed E-state index contributed by atoms with van der Waals surface area (Å²) in [6.07, 6.45) is 6.51. The van der Waals surface area contributed by atoms with E-state index >= 15 is 0 Å². The molecule has 2 aromatic rings. The van der Waals surface area contributed by atoms with Gasteiger partial charge in [-0.25, -0.2) is 0 Å². The summed E-state index contributed by atoms with van der Waals surface area (Å²) in [5.41, 5.74) is 5.17. The summed E-state index contributed by atoms with van der Waals surface area (Å²) >= 11 is 0. The third kappa shape index (κ3) is 1.53. The molecule has 0 unspecified atom stereocenters. The lowest BCUT2D eigenvalue weighted by Gasteiger charge is -2.36. The standard InChI is InChI=1S/C17H23N/c1-4-17(5-2)11-10-16-14(12-17)13-8-6-7-9-15(13)18(16)3/h6-9H,4-5,10-12H2,1-3H3. The number of hydrogen-bond donors (Lipinski definition) is 0. The molecule has 0 aliphatic heterocycles. The molecule has 0 saturated carbocycles. The number of benzene rings is 1. The largest absolute Gasteiger partial charge is 0.347 e. The highest BCUT2D eigenvalue weighted by atomic mass is 15.0. The number of hydrogen-bond acceptors (Lipinski definition) is 0. The lowest BCUT2D eigenvalue weighted by Crippen LogP contribution is -2.27. The van der Waals surface area contributed by atoms with Gasteiger partial charge in [0.1, 0.15) is 0 Å². The van der Waals surface area contributed by atoms with Gasteiger partial charge in [-0.3, -0.25) is 0 Å². The molecule has 0 atom stereocenters. The molecule has 1 aliphatic carbocycles. The summed E-state index contributed by atoms with van der Waals surface area (Å²) in [7, 11) is 2.23. The van der Waals surface area contributed by atoms with E-state index < -0.39 is 0 Å². The first-order valence-corrected chi connectivity index (χ1v) is 7.26. The van der Waals surface area contributed by atoms with E-state index in [1.54, 1.807) is 11.3 Å². The van der Waals surface area contributed by atoms with Gasteiger partial charge in [0.25, 0.3) is 0 Å². The van der Waals surface area contributed by atoms with Crippen molar-refractivity contribution in [1.29, 1.82) is 0 Å². The van der Waals surface area contributed by atoms with E-state index in [0.717, 1.165) is 0 Å². The van der Waals surface area contributed by atoms with Gasteiger partial charge in [0.15, 0.2) is 0 Å². The van der Waals surface area contributed by atoms with Crippen LogP contribution in [0, 0.1) is 5.41 Å². The Morgan fingerprint density at radius 1 is 1.17 bits per heavy atom. The molecule has 0 fully saturated rings. The minimum absolute atomic E-state index is 0.553.